The average Bonchev–Trinajstić information content (AvgIpc) is 3.15. The second-order valence-electron chi connectivity index (χ2n) is 5.63. The Morgan fingerprint density at radius 1 is 1.26 bits per heavy atom. The van der Waals surface area contributed by atoms with E-state index in [0.717, 1.165) is 32.7 Å². The number of methoxy groups -OCH3 is 1. The summed E-state index contributed by atoms with van der Waals surface area (Å²) in [7, 11) is 1.67. The molecule has 0 bridgehead atoms. The summed E-state index contributed by atoms with van der Waals surface area (Å²) in [5.74, 6) is 0.0474. The Balaban J connectivity index is 1.70. The summed E-state index contributed by atoms with van der Waals surface area (Å²) in [4.78, 5) is 19.2. The maximum absolute atomic E-state index is 12.8. The van der Waals surface area contributed by atoms with Gasteiger partial charge in [0.2, 0.25) is 0 Å². The molecule has 0 aliphatic carbocycles. The molecular weight excluding hydrogens is 308 g/mol. The van der Waals surface area contributed by atoms with Crippen LogP contribution in [0.5, 0.6) is 0 Å². The highest BCUT2D eigenvalue weighted by Gasteiger charge is 2.30. The molecule has 1 aliphatic rings. The van der Waals surface area contributed by atoms with Crippen molar-refractivity contribution in [3.05, 3.63) is 58.0 Å². The fourth-order valence-electron chi connectivity index (χ4n) is 2.98. The van der Waals surface area contributed by atoms with Gasteiger partial charge in [0, 0.05) is 23.4 Å². The van der Waals surface area contributed by atoms with Crippen LogP contribution in [0, 0.1) is 0 Å². The summed E-state index contributed by atoms with van der Waals surface area (Å²) in [6, 6.07) is 11.9. The molecule has 5 heteroatoms. The van der Waals surface area contributed by atoms with Gasteiger partial charge in [0.1, 0.15) is 11.1 Å². The van der Waals surface area contributed by atoms with Crippen LogP contribution in [0.25, 0.3) is 10.8 Å². The van der Waals surface area contributed by atoms with Crippen molar-refractivity contribution in [2.24, 2.45) is 0 Å². The highest BCUT2D eigenvalue weighted by molar-refractivity contribution is 7.09. The van der Waals surface area contributed by atoms with Crippen LogP contribution < -0.4 is 4.90 Å². The third-order valence-electron chi connectivity index (χ3n) is 4.24. The number of amides is 1. The number of carbonyl (C=O) groups excluding carboxylic acids is 1. The number of hydrogen-bond donors (Lipinski definition) is 0. The van der Waals surface area contributed by atoms with E-state index in [1.54, 1.807) is 18.4 Å². The van der Waals surface area contributed by atoms with Gasteiger partial charge in [0.05, 0.1) is 17.9 Å². The van der Waals surface area contributed by atoms with E-state index in [2.05, 4.69) is 4.98 Å². The molecule has 1 atom stereocenters. The normalized spacial score (nSPS) is 14.7. The van der Waals surface area contributed by atoms with E-state index in [1.807, 2.05) is 53.6 Å². The Hall–Kier alpha value is -2.24. The molecule has 23 heavy (non-hydrogen) atoms. The van der Waals surface area contributed by atoms with E-state index in [4.69, 9.17) is 4.74 Å². The summed E-state index contributed by atoms with van der Waals surface area (Å²) >= 11 is 1.57. The van der Waals surface area contributed by atoms with Crippen LogP contribution in [-0.2, 0) is 11.3 Å². The van der Waals surface area contributed by atoms with Gasteiger partial charge in [-0.2, -0.15) is 0 Å². The van der Waals surface area contributed by atoms with Gasteiger partial charge in [-0.25, -0.2) is 4.98 Å². The maximum Gasteiger partial charge on any atom is 0.259 e. The Labute approximate surface area is 138 Å². The first-order valence-electron chi connectivity index (χ1n) is 7.49. The molecule has 0 saturated carbocycles. The Bertz CT molecular complexity index is 898. The molecule has 3 aromatic rings. The molecule has 1 aliphatic heterocycles. The molecule has 0 radical (unpaired) electrons. The molecule has 0 fully saturated rings. The first kappa shape index (κ1) is 14.4. The predicted molar refractivity (Wildman–Crippen MR) is 92.0 cm³/mol. The first-order chi connectivity index (χ1) is 11.2. The third-order valence-corrected chi connectivity index (χ3v) is 5.29. The van der Waals surface area contributed by atoms with Crippen molar-refractivity contribution in [1.29, 1.82) is 0 Å². The molecular formula is C18H16N2O2S. The molecule has 0 unspecified atom stereocenters. The van der Waals surface area contributed by atoms with E-state index in [0.29, 0.717) is 6.54 Å². The lowest BCUT2D eigenvalue weighted by Gasteiger charge is -2.16. The summed E-state index contributed by atoms with van der Waals surface area (Å²) in [6.07, 6.45) is -0.0244. The van der Waals surface area contributed by atoms with Gasteiger partial charge < -0.3 is 9.64 Å². The van der Waals surface area contributed by atoms with Crippen molar-refractivity contribution in [2.45, 2.75) is 19.6 Å². The lowest BCUT2D eigenvalue weighted by molar-refractivity contribution is 0.0991. The lowest BCUT2D eigenvalue weighted by atomic mass is 10.1. The second-order valence-corrected chi connectivity index (χ2v) is 6.52. The van der Waals surface area contributed by atoms with Crippen LogP contribution in [0.1, 0.15) is 34.1 Å². The van der Waals surface area contributed by atoms with E-state index in [1.165, 1.54) is 0 Å². The number of nitrogens with zero attached hydrogens (tertiary/aromatic N) is 2. The monoisotopic (exact) mass is 324 g/mol. The molecule has 4 rings (SSSR count). The summed E-state index contributed by atoms with van der Waals surface area (Å²) in [6.45, 7) is 2.46. The number of ether oxygens (including phenoxy) is 1. The number of carbonyl (C=O) groups is 1. The Morgan fingerprint density at radius 3 is 2.83 bits per heavy atom. The largest absolute Gasteiger partial charge is 0.375 e. The van der Waals surface area contributed by atoms with Crippen molar-refractivity contribution in [1.82, 2.24) is 4.98 Å². The highest BCUT2D eigenvalue weighted by atomic mass is 32.1. The molecule has 4 nitrogen and oxygen atoms in total. The van der Waals surface area contributed by atoms with Gasteiger partial charge >= 0.3 is 0 Å². The summed E-state index contributed by atoms with van der Waals surface area (Å²) in [5, 5.41) is 5.08. The quantitative estimate of drug-likeness (QED) is 0.723. The number of aromatic nitrogens is 1. The standard InChI is InChI=1S/C18H16N2O2S/c1-11(22-2)17-19-13(10-23-17)9-20-15-8-4-6-12-5-3-7-14(16(12)15)18(20)21/h3-8,10-11H,9H2,1-2H3/t11-/m0/s1. The number of benzene rings is 2. The Morgan fingerprint density at radius 2 is 2.04 bits per heavy atom. The minimum absolute atomic E-state index is 0.0244. The van der Waals surface area contributed by atoms with Gasteiger partial charge in [0.25, 0.3) is 5.91 Å². The fourth-order valence-corrected chi connectivity index (χ4v) is 3.82. The zero-order valence-corrected chi connectivity index (χ0v) is 13.8. The number of thiazole rings is 1. The zero-order valence-electron chi connectivity index (χ0n) is 12.9. The smallest absolute Gasteiger partial charge is 0.259 e. The van der Waals surface area contributed by atoms with Crippen molar-refractivity contribution < 1.29 is 9.53 Å². The zero-order chi connectivity index (χ0) is 16.0. The lowest BCUT2D eigenvalue weighted by Crippen LogP contribution is -2.26. The van der Waals surface area contributed by atoms with Crippen molar-refractivity contribution in [3.63, 3.8) is 0 Å². The minimum atomic E-state index is -0.0244. The predicted octanol–water partition coefficient (Wildman–Crippen LogP) is 4.16. The van der Waals surface area contributed by atoms with Crippen LogP contribution in [0.15, 0.2) is 41.8 Å². The molecule has 2 heterocycles. The fraction of sp³-hybridized carbons (Fsp3) is 0.222. The SMILES string of the molecule is CO[C@@H](C)c1nc(CN2C(=O)c3cccc4cccc2c34)cs1. The van der Waals surface area contributed by atoms with Gasteiger partial charge in [0.15, 0.2) is 0 Å². The van der Waals surface area contributed by atoms with Crippen LogP contribution >= 0.6 is 11.3 Å². The van der Waals surface area contributed by atoms with E-state index in [-0.39, 0.29) is 12.0 Å². The van der Waals surface area contributed by atoms with Gasteiger partial charge in [-0.3, -0.25) is 4.79 Å². The molecule has 0 N–H and O–H groups in total. The van der Waals surface area contributed by atoms with Crippen molar-refractivity contribution >= 4 is 33.7 Å². The van der Waals surface area contributed by atoms with Crippen LogP contribution in [-0.4, -0.2) is 18.0 Å². The van der Waals surface area contributed by atoms with E-state index in [9.17, 15) is 4.79 Å². The molecule has 1 amide bonds. The molecule has 2 aromatic carbocycles. The molecule has 0 spiro atoms. The van der Waals surface area contributed by atoms with Crippen LogP contribution in [0.4, 0.5) is 5.69 Å². The topological polar surface area (TPSA) is 42.4 Å². The van der Waals surface area contributed by atoms with E-state index >= 15 is 0 Å². The summed E-state index contributed by atoms with van der Waals surface area (Å²) < 4.78 is 5.31. The molecule has 0 saturated heterocycles. The van der Waals surface area contributed by atoms with Gasteiger partial charge in [-0.15, -0.1) is 11.3 Å². The first-order valence-corrected chi connectivity index (χ1v) is 8.37. The van der Waals surface area contributed by atoms with Gasteiger partial charge in [-0.05, 0) is 24.4 Å². The summed E-state index contributed by atoms with van der Waals surface area (Å²) in [5.41, 5.74) is 2.64. The highest BCUT2D eigenvalue weighted by Crippen LogP contribution is 2.38. The number of hydrogen-bond acceptors (Lipinski definition) is 4. The maximum atomic E-state index is 12.8. The average molecular weight is 324 g/mol. The second kappa shape index (κ2) is 5.44. The number of rotatable bonds is 4. The number of anilines is 1. The molecule has 116 valence electrons. The van der Waals surface area contributed by atoms with Crippen LogP contribution in [0.2, 0.25) is 0 Å². The van der Waals surface area contributed by atoms with Gasteiger partial charge in [-0.1, -0.05) is 24.3 Å². The Kier molecular flexibility index (Phi) is 3.39. The van der Waals surface area contributed by atoms with E-state index < -0.39 is 0 Å². The van der Waals surface area contributed by atoms with Crippen LogP contribution in [0.3, 0.4) is 0 Å². The third kappa shape index (κ3) is 2.24. The van der Waals surface area contributed by atoms with Crippen molar-refractivity contribution in [2.75, 3.05) is 12.0 Å². The molecule has 1 aromatic heterocycles. The minimum Gasteiger partial charge on any atom is -0.375 e. The van der Waals surface area contributed by atoms with Crippen molar-refractivity contribution in [3.8, 4) is 0 Å².